The topological polar surface area (TPSA) is 126 Å². The van der Waals surface area contributed by atoms with Crippen LogP contribution >= 0.6 is 0 Å². The highest BCUT2D eigenvalue weighted by Crippen LogP contribution is 2.36. The van der Waals surface area contributed by atoms with Crippen molar-refractivity contribution in [2.24, 2.45) is 0 Å². The molecule has 1 atom stereocenters. The van der Waals surface area contributed by atoms with Gasteiger partial charge in [0.1, 0.15) is 6.61 Å². The maximum atomic E-state index is 13.5. The average Bonchev–Trinajstić information content (AvgIpc) is 3.31. The molecule has 0 aliphatic carbocycles. The van der Waals surface area contributed by atoms with Crippen molar-refractivity contribution in [2.75, 3.05) is 18.1 Å². The Morgan fingerprint density at radius 2 is 1.70 bits per heavy atom. The fraction of sp³-hybridized carbons (Fsp3) is 0.143. The van der Waals surface area contributed by atoms with E-state index >= 15 is 0 Å². The number of pyridine rings is 1. The molecule has 0 saturated carbocycles. The minimum atomic E-state index is -4.62. The Kier molecular flexibility index (Phi) is 6.76. The molecule has 1 aliphatic heterocycles. The number of fused-ring (bicyclic) bond motifs is 1. The fourth-order valence-corrected chi connectivity index (χ4v) is 4.44. The van der Waals surface area contributed by atoms with Crippen molar-refractivity contribution in [3.05, 3.63) is 99.8 Å². The third-order valence-electron chi connectivity index (χ3n) is 6.32. The van der Waals surface area contributed by atoms with Gasteiger partial charge in [-0.25, -0.2) is 14.4 Å². The molecule has 1 saturated heterocycles. The van der Waals surface area contributed by atoms with Crippen molar-refractivity contribution in [3.63, 3.8) is 0 Å². The molecule has 1 amide bonds. The summed E-state index contributed by atoms with van der Waals surface area (Å²) >= 11 is 0. The smallest absolute Gasteiger partial charge is 0.417 e. The van der Waals surface area contributed by atoms with Gasteiger partial charge >= 0.3 is 24.2 Å². The number of nitrogens with zero attached hydrogens (tertiary/aromatic N) is 1. The predicted octanol–water partition coefficient (Wildman–Crippen LogP) is 5.09. The zero-order valence-corrected chi connectivity index (χ0v) is 20.4. The Bertz CT molecular complexity index is 1710. The van der Waals surface area contributed by atoms with E-state index in [9.17, 15) is 37.5 Å². The number of hydrogen-bond acceptors (Lipinski definition) is 6. The van der Waals surface area contributed by atoms with Crippen molar-refractivity contribution < 1.29 is 42.1 Å². The summed E-state index contributed by atoms with van der Waals surface area (Å²) in [7, 11) is 0. The van der Waals surface area contributed by atoms with E-state index in [2.05, 4.69) is 4.98 Å². The van der Waals surface area contributed by atoms with Gasteiger partial charge in [0.25, 0.3) is 5.56 Å². The summed E-state index contributed by atoms with van der Waals surface area (Å²) in [5.74, 6) is -2.19. The molecule has 5 rings (SSSR count). The van der Waals surface area contributed by atoms with Crippen molar-refractivity contribution in [1.29, 1.82) is 0 Å². The molecular weight excluding hydrogens is 533 g/mol. The van der Waals surface area contributed by atoms with Gasteiger partial charge in [0.2, 0.25) is 0 Å². The van der Waals surface area contributed by atoms with Crippen LogP contribution in [0.1, 0.15) is 26.3 Å². The van der Waals surface area contributed by atoms with Crippen molar-refractivity contribution in [1.82, 2.24) is 4.98 Å². The highest BCUT2D eigenvalue weighted by Gasteiger charge is 2.35. The van der Waals surface area contributed by atoms with E-state index in [1.165, 1.54) is 71.6 Å². The van der Waals surface area contributed by atoms with Gasteiger partial charge in [0, 0.05) is 22.3 Å². The number of halogens is 3. The SMILES string of the molecule is O=C(O)c1ccccc1C(=O)OC[C@H]1CN(c2ccc3cc(-c4ccccc4C(F)(F)F)[nH]c(=O)c3c2)C(=O)O1. The summed E-state index contributed by atoms with van der Waals surface area (Å²) in [5.41, 5.74) is -1.82. The van der Waals surface area contributed by atoms with Crippen LogP contribution in [0.25, 0.3) is 22.0 Å². The first-order valence-corrected chi connectivity index (χ1v) is 11.8. The Morgan fingerprint density at radius 3 is 2.42 bits per heavy atom. The summed E-state index contributed by atoms with van der Waals surface area (Å²) < 4.78 is 50.9. The standard InChI is InChI=1S/C28H19F3N2O7/c29-28(30,31)22-8-4-3-7-20(22)23-11-15-9-10-16(12-21(15)24(34)32-23)33-13-17(40-27(33)38)14-39-26(37)19-6-2-1-5-18(19)25(35)36/h1-12,17H,13-14H2,(H,32,34)(H,35,36)/t17-/m1/s1. The lowest BCUT2D eigenvalue weighted by molar-refractivity contribution is -0.137. The van der Waals surface area contributed by atoms with Crippen LogP contribution in [-0.4, -0.2) is 47.4 Å². The molecule has 0 unspecified atom stereocenters. The number of carboxylic acid groups (broad SMARTS) is 1. The molecule has 204 valence electrons. The number of alkyl halides is 3. The van der Waals surface area contributed by atoms with Gasteiger partial charge in [-0.3, -0.25) is 9.69 Å². The number of carbonyl (C=O) groups excluding carboxylic acids is 2. The Hall–Kier alpha value is -5.13. The minimum absolute atomic E-state index is 0.00916. The molecular formula is C28H19F3N2O7. The van der Waals surface area contributed by atoms with E-state index in [4.69, 9.17) is 9.47 Å². The summed E-state index contributed by atoms with van der Waals surface area (Å²) in [6, 6.07) is 16.3. The quantitative estimate of drug-likeness (QED) is 0.319. The van der Waals surface area contributed by atoms with Crippen LogP contribution in [0, 0.1) is 0 Å². The number of anilines is 1. The summed E-state index contributed by atoms with van der Waals surface area (Å²) in [6.07, 6.45) is -6.26. The zero-order valence-electron chi connectivity index (χ0n) is 20.4. The van der Waals surface area contributed by atoms with E-state index in [0.29, 0.717) is 5.39 Å². The molecule has 0 radical (unpaired) electrons. The van der Waals surface area contributed by atoms with Crippen LogP contribution < -0.4 is 10.5 Å². The van der Waals surface area contributed by atoms with E-state index in [0.717, 1.165) is 6.07 Å². The van der Waals surface area contributed by atoms with Crippen LogP contribution in [0.3, 0.4) is 0 Å². The molecule has 0 bridgehead atoms. The summed E-state index contributed by atoms with van der Waals surface area (Å²) in [6.45, 7) is -0.377. The number of aromatic amines is 1. The van der Waals surface area contributed by atoms with Gasteiger partial charge in [-0.2, -0.15) is 13.2 Å². The first-order chi connectivity index (χ1) is 19.0. The second kappa shape index (κ2) is 10.2. The number of rotatable bonds is 6. The second-order valence-electron chi connectivity index (χ2n) is 8.89. The summed E-state index contributed by atoms with van der Waals surface area (Å²) in [4.78, 5) is 52.8. The van der Waals surface area contributed by atoms with Gasteiger partial charge in [-0.15, -0.1) is 0 Å². The molecule has 2 heterocycles. The third-order valence-corrected chi connectivity index (χ3v) is 6.32. The van der Waals surface area contributed by atoms with Gasteiger partial charge in [0.15, 0.2) is 6.10 Å². The zero-order chi connectivity index (χ0) is 28.6. The normalized spacial score (nSPS) is 15.2. The van der Waals surface area contributed by atoms with Gasteiger partial charge in [-0.05, 0) is 41.8 Å². The molecule has 2 N–H and O–H groups in total. The number of H-pyrrole nitrogens is 1. The molecule has 40 heavy (non-hydrogen) atoms. The molecule has 0 spiro atoms. The van der Waals surface area contributed by atoms with Crippen molar-refractivity contribution in [3.8, 4) is 11.3 Å². The fourth-order valence-electron chi connectivity index (χ4n) is 4.44. The van der Waals surface area contributed by atoms with Gasteiger partial charge < -0.3 is 19.6 Å². The molecule has 1 aliphatic rings. The Balaban J connectivity index is 1.34. The number of nitrogens with one attached hydrogen (secondary N) is 1. The molecule has 3 aromatic carbocycles. The van der Waals surface area contributed by atoms with Gasteiger partial charge in [-0.1, -0.05) is 36.4 Å². The van der Waals surface area contributed by atoms with Gasteiger partial charge in [0.05, 0.1) is 23.2 Å². The number of ether oxygens (including phenoxy) is 2. The number of amides is 1. The van der Waals surface area contributed by atoms with Crippen molar-refractivity contribution in [2.45, 2.75) is 12.3 Å². The lowest BCUT2D eigenvalue weighted by Crippen LogP contribution is -2.27. The number of aromatic carboxylic acids is 1. The largest absolute Gasteiger partial charge is 0.478 e. The third kappa shape index (κ3) is 5.10. The van der Waals surface area contributed by atoms with E-state index in [1.54, 1.807) is 0 Å². The first kappa shape index (κ1) is 26.5. The van der Waals surface area contributed by atoms with Crippen LogP contribution in [0.4, 0.5) is 23.7 Å². The van der Waals surface area contributed by atoms with E-state index in [1.807, 2.05) is 0 Å². The molecule has 1 aromatic heterocycles. The number of carbonyl (C=O) groups is 3. The first-order valence-electron chi connectivity index (χ1n) is 11.8. The molecule has 12 heteroatoms. The molecule has 9 nitrogen and oxygen atoms in total. The number of hydrogen-bond donors (Lipinski definition) is 2. The number of aromatic nitrogens is 1. The van der Waals surface area contributed by atoms with Crippen LogP contribution in [0.2, 0.25) is 0 Å². The predicted molar refractivity (Wildman–Crippen MR) is 136 cm³/mol. The Labute approximate surface area is 223 Å². The second-order valence-corrected chi connectivity index (χ2v) is 8.89. The number of benzene rings is 3. The van der Waals surface area contributed by atoms with Crippen LogP contribution in [0.15, 0.2) is 77.6 Å². The monoisotopic (exact) mass is 552 g/mol. The molecule has 1 fully saturated rings. The minimum Gasteiger partial charge on any atom is -0.478 e. The van der Waals surface area contributed by atoms with E-state index in [-0.39, 0.29) is 46.6 Å². The summed E-state index contributed by atoms with van der Waals surface area (Å²) in [5, 5.41) is 9.74. The molecule has 4 aromatic rings. The maximum Gasteiger partial charge on any atom is 0.417 e. The average molecular weight is 552 g/mol. The highest BCUT2D eigenvalue weighted by atomic mass is 19.4. The number of esters is 1. The Morgan fingerprint density at radius 1 is 1.00 bits per heavy atom. The lowest BCUT2D eigenvalue weighted by Gasteiger charge is -2.15. The van der Waals surface area contributed by atoms with Crippen LogP contribution in [-0.2, 0) is 15.7 Å². The lowest BCUT2D eigenvalue weighted by atomic mass is 10.0. The maximum absolute atomic E-state index is 13.5. The number of carboxylic acids is 1. The highest BCUT2D eigenvalue weighted by molar-refractivity contribution is 6.02. The van der Waals surface area contributed by atoms with Crippen molar-refractivity contribution >= 4 is 34.5 Å². The van der Waals surface area contributed by atoms with E-state index < -0.39 is 41.4 Å². The van der Waals surface area contributed by atoms with Crippen LogP contribution in [0.5, 0.6) is 0 Å². The number of cyclic esters (lactones) is 1.